The van der Waals surface area contributed by atoms with Crippen LogP contribution in [-0.2, 0) is 4.74 Å². The highest BCUT2D eigenvalue weighted by molar-refractivity contribution is 9.10. The molecule has 104 valence electrons. The number of carbonyl (C=O) groups is 1. The van der Waals surface area contributed by atoms with E-state index in [0.29, 0.717) is 0 Å². The van der Waals surface area contributed by atoms with Gasteiger partial charge in [-0.25, -0.2) is 13.6 Å². The smallest absolute Gasteiger partial charge is 0.337 e. The molecule has 0 unspecified atom stereocenters. The summed E-state index contributed by atoms with van der Waals surface area (Å²) in [5.74, 6) is -1.87. The van der Waals surface area contributed by atoms with Crippen molar-refractivity contribution >= 4 is 21.9 Å². The predicted octanol–water partition coefficient (Wildman–Crippen LogP) is 4.31. The molecular weight excluding hydrogens is 334 g/mol. The first-order valence-corrected chi connectivity index (χ1v) is 6.31. The molecule has 0 aliphatic carbocycles. The van der Waals surface area contributed by atoms with Gasteiger partial charge in [0.2, 0.25) is 0 Å². The quantitative estimate of drug-likeness (QED) is 0.780. The second-order valence-electron chi connectivity index (χ2n) is 3.81. The predicted molar refractivity (Wildman–Crippen MR) is 71.9 cm³/mol. The lowest BCUT2D eigenvalue weighted by molar-refractivity contribution is 0.0600. The molecule has 0 radical (unpaired) electrons. The number of rotatable bonds is 3. The number of ether oxygens (including phenoxy) is 2. The van der Waals surface area contributed by atoms with E-state index in [1.165, 1.54) is 31.4 Å². The Morgan fingerprint density at radius 3 is 2.45 bits per heavy atom. The number of hydrogen-bond acceptors (Lipinski definition) is 3. The first-order valence-electron chi connectivity index (χ1n) is 5.52. The topological polar surface area (TPSA) is 35.5 Å². The Morgan fingerprint density at radius 1 is 1.10 bits per heavy atom. The number of hydrogen-bond donors (Lipinski definition) is 0. The molecule has 0 aromatic heterocycles. The maximum absolute atomic E-state index is 13.8. The van der Waals surface area contributed by atoms with Crippen LogP contribution in [0.3, 0.4) is 0 Å². The van der Waals surface area contributed by atoms with Crippen molar-refractivity contribution in [2.24, 2.45) is 0 Å². The Morgan fingerprint density at radius 2 is 1.85 bits per heavy atom. The van der Waals surface area contributed by atoms with Gasteiger partial charge >= 0.3 is 5.97 Å². The van der Waals surface area contributed by atoms with Crippen LogP contribution in [0.15, 0.2) is 40.9 Å². The van der Waals surface area contributed by atoms with Crippen molar-refractivity contribution in [2.75, 3.05) is 7.11 Å². The van der Waals surface area contributed by atoms with Crippen molar-refractivity contribution in [1.82, 2.24) is 0 Å². The van der Waals surface area contributed by atoms with Gasteiger partial charge in [0.25, 0.3) is 0 Å². The number of carbonyl (C=O) groups excluding carboxylic acids is 1. The first-order chi connectivity index (χ1) is 9.51. The summed E-state index contributed by atoms with van der Waals surface area (Å²) in [5, 5.41) is 0. The van der Waals surface area contributed by atoms with Crippen LogP contribution in [0.2, 0.25) is 0 Å². The molecule has 0 saturated carbocycles. The summed E-state index contributed by atoms with van der Waals surface area (Å²) < 4.78 is 37.1. The average molecular weight is 343 g/mol. The van der Waals surface area contributed by atoms with E-state index in [0.717, 1.165) is 12.1 Å². The molecule has 3 nitrogen and oxygen atoms in total. The fraction of sp³-hybridized carbons (Fsp3) is 0.0714. The van der Waals surface area contributed by atoms with Crippen LogP contribution >= 0.6 is 15.9 Å². The van der Waals surface area contributed by atoms with E-state index < -0.39 is 17.6 Å². The summed E-state index contributed by atoms with van der Waals surface area (Å²) >= 11 is 3.01. The van der Waals surface area contributed by atoms with Gasteiger partial charge in [0.05, 0.1) is 17.1 Å². The molecule has 0 aliphatic heterocycles. The van der Waals surface area contributed by atoms with E-state index >= 15 is 0 Å². The van der Waals surface area contributed by atoms with Gasteiger partial charge in [0.15, 0.2) is 11.6 Å². The van der Waals surface area contributed by atoms with Crippen molar-refractivity contribution in [3.8, 4) is 11.5 Å². The second-order valence-corrected chi connectivity index (χ2v) is 4.67. The van der Waals surface area contributed by atoms with Gasteiger partial charge < -0.3 is 9.47 Å². The Kier molecular flexibility index (Phi) is 4.34. The third-order valence-electron chi connectivity index (χ3n) is 2.47. The van der Waals surface area contributed by atoms with Gasteiger partial charge in [0.1, 0.15) is 11.6 Å². The van der Waals surface area contributed by atoms with Crippen molar-refractivity contribution in [3.63, 3.8) is 0 Å². The van der Waals surface area contributed by atoms with Crippen LogP contribution in [0.5, 0.6) is 11.5 Å². The zero-order valence-corrected chi connectivity index (χ0v) is 11.9. The third kappa shape index (κ3) is 3.14. The SMILES string of the molecule is COC(=O)c1ccc(Oc2ccc(Br)c(F)c2)c(F)c1. The fourth-order valence-electron chi connectivity index (χ4n) is 1.50. The highest BCUT2D eigenvalue weighted by atomic mass is 79.9. The number of halogens is 3. The molecule has 20 heavy (non-hydrogen) atoms. The second kappa shape index (κ2) is 6.00. The van der Waals surface area contributed by atoms with Gasteiger partial charge in [-0.05, 0) is 46.3 Å². The Bertz CT molecular complexity index is 659. The standard InChI is InChI=1S/C14H9BrF2O3/c1-19-14(18)8-2-5-13(12(17)6-8)20-9-3-4-10(15)11(16)7-9/h2-7H,1H3. The monoisotopic (exact) mass is 342 g/mol. The molecule has 0 amide bonds. The lowest BCUT2D eigenvalue weighted by Crippen LogP contribution is -2.02. The molecule has 0 bridgehead atoms. The van der Waals surface area contributed by atoms with E-state index in [4.69, 9.17) is 4.74 Å². The molecule has 0 saturated heterocycles. The Balaban J connectivity index is 2.25. The van der Waals surface area contributed by atoms with Crippen molar-refractivity contribution in [3.05, 3.63) is 58.1 Å². The maximum Gasteiger partial charge on any atom is 0.337 e. The van der Waals surface area contributed by atoms with Crippen LogP contribution in [0.25, 0.3) is 0 Å². The molecule has 0 fully saturated rings. The van der Waals surface area contributed by atoms with Crippen LogP contribution in [-0.4, -0.2) is 13.1 Å². The lowest BCUT2D eigenvalue weighted by atomic mass is 10.2. The molecule has 6 heteroatoms. The van der Waals surface area contributed by atoms with Crippen molar-refractivity contribution in [1.29, 1.82) is 0 Å². The molecule has 2 rings (SSSR count). The molecule has 2 aromatic carbocycles. The molecule has 0 aliphatic rings. The van der Waals surface area contributed by atoms with Gasteiger partial charge in [0, 0.05) is 6.07 Å². The molecule has 0 heterocycles. The lowest BCUT2D eigenvalue weighted by Gasteiger charge is -2.08. The Labute approximate surface area is 122 Å². The first kappa shape index (κ1) is 14.5. The minimum atomic E-state index is -0.740. The Hall–Kier alpha value is -1.95. The minimum absolute atomic E-state index is 0.0688. The molecule has 0 N–H and O–H groups in total. The summed E-state index contributed by atoms with van der Waals surface area (Å²) in [7, 11) is 1.20. The van der Waals surface area contributed by atoms with Crippen LogP contribution < -0.4 is 4.74 Å². The van der Waals surface area contributed by atoms with Crippen LogP contribution in [0.1, 0.15) is 10.4 Å². The van der Waals surface area contributed by atoms with E-state index in [9.17, 15) is 13.6 Å². The summed E-state index contributed by atoms with van der Waals surface area (Å²) in [6, 6.07) is 7.70. The maximum atomic E-state index is 13.8. The van der Waals surface area contributed by atoms with E-state index in [1.54, 1.807) is 0 Å². The fourth-order valence-corrected chi connectivity index (χ4v) is 1.74. The summed E-state index contributed by atoms with van der Waals surface area (Å²) in [4.78, 5) is 11.2. The third-order valence-corrected chi connectivity index (χ3v) is 3.11. The molecule has 0 spiro atoms. The number of esters is 1. The van der Waals surface area contributed by atoms with Crippen molar-refractivity contribution < 1.29 is 23.0 Å². The largest absolute Gasteiger partial charge is 0.465 e. The molecule has 2 aromatic rings. The summed E-state index contributed by atoms with van der Waals surface area (Å²) in [6.45, 7) is 0. The van der Waals surface area contributed by atoms with Gasteiger partial charge in [-0.2, -0.15) is 0 Å². The van der Waals surface area contributed by atoms with Crippen LogP contribution in [0, 0.1) is 11.6 Å². The normalized spacial score (nSPS) is 10.2. The summed E-state index contributed by atoms with van der Waals surface area (Å²) in [6.07, 6.45) is 0. The zero-order valence-electron chi connectivity index (χ0n) is 10.3. The van der Waals surface area contributed by atoms with Crippen molar-refractivity contribution in [2.45, 2.75) is 0 Å². The average Bonchev–Trinajstić information content (AvgIpc) is 2.44. The van der Waals surface area contributed by atoms with Gasteiger partial charge in [-0.3, -0.25) is 0 Å². The highest BCUT2D eigenvalue weighted by Crippen LogP contribution is 2.28. The van der Waals surface area contributed by atoms with Gasteiger partial charge in [-0.1, -0.05) is 0 Å². The van der Waals surface area contributed by atoms with E-state index in [2.05, 4.69) is 20.7 Å². The van der Waals surface area contributed by atoms with E-state index in [1.807, 2.05) is 0 Å². The molecule has 0 atom stereocenters. The zero-order chi connectivity index (χ0) is 14.7. The van der Waals surface area contributed by atoms with Crippen LogP contribution in [0.4, 0.5) is 8.78 Å². The number of methoxy groups -OCH3 is 1. The minimum Gasteiger partial charge on any atom is -0.465 e. The highest BCUT2D eigenvalue weighted by Gasteiger charge is 2.12. The van der Waals surface area contributed by atoms with E-state index in [-0.39, 0.29) is 21.5 Å². The van der Waals surface area contributed by atoms with Gasteiger partial charge in [-0.15, -0.1) is 0 Å². The summed E-state index contributed by atoms with van der Waals surface area (Å²) in [5.41, 5.74) is 0.0688. The molecular formula is C14H9BrF2O3. The number of benzene rings is 2.